The summed E-state index contributed by atoms with van der Waals surface area (Å²) in [5, 5.41) is 3.10. The molecule has 2 rings (SSSR count). The minimum atomic E-state index is 0.677. The van der Waals surface area contributed by atoms with Gasteiger partial charge in [-0.1, -0.05) is 45.0 Å². The minimum Gasteiger partial charge on any atom is -0.373 e. The van der Waals surface area contributed by atoms with Crippen molar-refractivity contribution in [3.8, 4) is 11.4 Å². The molecule has 0 aliphatic rings. The highest BCUT2D eigenvalue weighted by atomic mass is 15.0. The molecule has 0 bridgehead atoms. The first-order valence-corrected chi connectivity index (χ1v) is 7.27. The normalized spacial score (nSPS) is 10.8. The number of anilines is 1. The summed E-state index contributed by atoms with van der Waals surface area (Å²) in [6, 6.07) is 10.6. The maximum absolute atomic E-state index is 4.61. The lowest BCUT2D eigenvalue weighted by Gasteiger charge is -2.08. The van der Waals surface area contributed by atoms with Crippen molar-refractivity contribution in [2.75, 3.05) is 12.4 Å². The molecule has 0 amide bonds. The van der Waals surface area contributed by atoms with Crippen molar-refractivity contribution >= 4 is 5.82 Å². The van der Waals surface area contributed by atoms with Crippen molar-refractivity contribution in [2.45, 2.75) is 33.6 Å². The van der Waals surface area contributed by atoms with Gasteiger partial charge in [0, 0.05) is 24.4 Å². The molecule has 0 spiro atoms. The smallest absolute Gasteiger partial charge is 0.161 e. The number of rotatable bonds is 5. The molecule has 0 atom stereocenters. The molecule has 1 N–H and O–H groups in total. The van der Waals surface area contributed by atoms with Crippen LogP contribution in [0.5, 0.6) is 0 Å². The predicted molar refractivity (Wildman–Crippen MR) is 84.9 cm³/mol. The van der Waals surface area contributed by atoms with Crippen LogP contribution in [-0.4, -0.2) is 17.0 Å². The third-order valence-corrected chi connectivity index (χ3v) is 3.25. The molecular formula is C17H23N3. The molecule has 0 unspecified atom stereocenters. The van der Waals surface area contributed by atoms with E-state index in [1.807, 2.05) is 13.1 Å². The van der Waals surface area contributed by atoms with Gasteiger partial charge in [-0.2, -0.15) is 0 Å². The summed E-state index contributed by atoms with van der Waals surface area (Å²) in [4.78, 5) is 9.15. The second-order valence-electron chi connectivity index (χ2n) is 5.47. The molecule has 0 saturated carbocycles. The highest BCUT2D eigenvalue weighted by molar-refractivity contribution is 5.58. The van der Waals surface area contributed by atoms with Gasteiger partial charge in [-0.15, -0.1) is 0 Å². The first-order chi connectivity index (χ1) is 9.62. The van der Waals surface area contributed by atoms with Crippen LogP contribution in [0, 0.1) is 5.92 Å². The Hall–Kier alpha value is -1.90. The Bertz CT molecular complexity index is 537. The molecule has 106 valence electrons. The molecule has 0 aliphatic heterocycles. The predicted octanol–water partition coefficient (Wildman–Crippen LogP) is 3.95. The van der Waals surface area contributed by atoms with Gasteiger partial charge in [0.15, 0.2) is 5.82 Å². The molecule has 3 nitrogen and oxygen atoms in total. The summed E-state index contributed by atoms with van der Waals surface area (Å²) < 4.78 is 0. The number of nitrogens with zero attached hydrogens (tertiary/aromatic N) is 2. The largest absolute Gasteiger partial charge is 0.373 e. The highest BCUT2D eigenvalue weighted by Crippen LogP contribution is 2.20. The number of hydrogen-bond donors (Lipinski definition) is 1. The summed E-state index contributed by atoms with van der Waals surface area (Å²) in [6.07, 6.45) is 2.02. The molecule has 3 heteroatoms. The van der Waals surface area contributed by atoms with E-state index >= 15 is 0 Å². The fraction of sp³-hybridized carbons (Fsp3) is 0.412. The molecule has 0 radical (unpaired) electrons. The highest BCUT2D eigenvalue weighted by Gasteiger charge is 2.06. The van der Waals surface area contributed by atoms with Crippen molar-refractivity contribution in [1.29, 1.82) is 0 Å². The molecule has 1 aromatic heterocycles. The fourth-order valence-corrected chi connectivity index (χ4v) is 2.20. The number of hydrogen-bond acceptors (Lipinski definition) is 3. The Morgan fingerprint density at radius 2 is 1.80 bits per heavy atom. The Balaban J connectivity index is 2.31. The van der Waals surface area contributed by atoms with Crippen LogP contribution >= 0.6 is 0 Å². The number of benzene rings is 1. The standard InChI is InChI=1S/C17H23N3/c1-5-15-11-16(18-4)20-17(19-15)14-8-6-13(7-9-14)10-12(2)3/h6-9,11-12H,5,10H2,1-4H3,(H,18,19,20). The lowest BCUT2D eigenvalue weighted by molar-refractivity contribution is 0.647. The molecule has 1 heterocycles. The summed E-state index contributed by atoms with van der Waals surface area (Å²) in [6.45, 7) is 6.58. The maximum atomic E-state index is 4.61. The van der Waals surface area contributed by atoms with Crippen LogP contribution in [0.4, 0.5) is 5.82 Å². The summed E-state index contributed by atoms with van der Waals surface area (Å²) in [5.41, 5.74) is 3.50. The minimum absolute atomic E-state index is 0.677. The average molecular weight is 269 g/mol. The van der Waals surface area contributed by atoms with Gasteiger partial charge in [0.1, 0.15) is 5.82 Å². The molecule has 1 aromatic carbocycles. The van der Waals surface area contributed by atoms with E-state index in [9.17, 15) is 0 Å². The Morgan fingerprint density at radius 1 is 1.10 bits per heavy atom. The van der Waals surface area contributed by atoms with Crippen LogP contribution in [0.15, 0.2) is 30.3 Å². The van der Waals surface area contributed by atoms with Crippen LogP contribution in [-0.2, 0) is 12.8 Å². The van der Waals surface area contributed by atoms with Crippen LogP contribution in [0.2, 0.25) is 0 Å². The van der Waals surface area contributed by atoms with E-state index in [0.717, 1.165) is 35.7 Å². The van der Waals surface area contributed by atoms with Gasteiger partial charge in [-0.3, -0.25) is 0 Å². The van der Waals surface area contributed by atoms with E-state index < -0.39 is 0 Å². The zero-order chi connectivity index (χ0) is 14.5. The molecule has 0 saturated heterocycles. The Labute approximate surface area is 121 Å². The number of aryl methyl sites for hydroxylation is 1. The van der Waals surface area contributed by atoms with E-state index in [2.05, 4.69) is 60.3 Å². The molecular weight excluding hydrogens is 246 g/mol. The SMILES string of the molecule is CCc1cc(NC)nc(-c2ccc(CC(C)C)cc2)n1. The second-order valence-corrected chi connectivity index (χ2v) is 5.47. The van der Waals surface area contributed by atoms with Crippen LogP contribution in [0.1, 0.15) is 32.0 Å². The summed E-state index contributed by atoms with van der Waals surface area (Å²) in [7, 11) is 1.89. The van der Waals surface area contributed by atoms with E-state index in [1.165, 1.54) is 5.56 Å². The zero-order valence-electron chi connectivity index (χ0n) is 12.8. The lowest BCUT2D eigenvalue weighted by Crippen LogP contribution is -2.00. The molecule has 0 aliphatic carbocycles. The van der Waals surface area contributed by atoms with Gasteiger partial charge in [0.2, 0.25) is 0 Å². The second kappa shape index (κ2) is 6.51. The van der Waals surface area contributed by atoms with E-state index in [-0.39, 0.29) is 0 Å². The van der Waals surface area contributed by atoms with Gasteiger partial charge in [-0.05, 0) is 24.3 Å². The number of aromatic nitrogens is 2. The van der Waals surface area contributed by atoms with E-state index in [1.54, 1.807) is 0 Å². The zero-order valence-corrected chi connectivity index (χ0v) is 12.8. The number of nitrogens with one attached hydrogen (secondary N) is 1. The maximum Gasteiger partial charge on any atom is 0.161 e. The molecule has 2 aromatic rings. The van der Waals surface area contributed by atoms with Gasteiger partial charge >= 0.3 is 0 Å². The lowest BCUT2D eigenvalue weighted by atomic mass is 10.0. The van der Waals surface area contributed by atoms with Crippen LogP contribution in [0.25, 0.3) is 11.4 Å². The van der Waals surface area contributed by atoms with Crippen molar-refractivity contribution in [3.63, 3.8) is 0 Å². The van der Waals surface area contributed by atoms with Gasteiger partial charge in [0.25, 0.3) is 0 Å². The topological polar surface area (TPSA) is 37.8 Å². The van der Waals surface area contributed by atoms with Crippen LogP contribution in [0.3, 0.4) is 0 Å². The Kier molecular flexibility index (Phi) is 4.72. The van der Waals surface area contributed by atoms with E-state index in [0.29, 0.717) is 5.92 Å². The molecule has 0 fully saturated rings. The van der Waals surface area contributed by atoms with Crippen LogP contribution < -0.4 is 5.32 Å². The first kappa shape index (κ1) is 14.5. The Morgan fingerprint density at radius 3 is 2.35 bits per heavy atom. The summed E-state index contributed by atoms with van der Waals surface area (Å²) >= 11 is 0. The van der Waals surface area contributed by atoms with Crippen molar-refractivity contribution in [2.24, 2.45) is 5.92 Å². The van der Waals surface area contributed by atoms with Gasteiger partial charge in [-0.25, -0.2) is 9.97 Å². The van der Waals surface area contributed by atoms with Crippen molar-refractivity contribution in [1.82, 2.24) is 9.97 Å². The van der Waals surface area contributed by atoms with Gasteiger partial charge in [0.05, 0.1) is 0 Å². The quantitative estimate of drug-likeness (QED) is 0.893. The monoisotopic (exact) mass is 269 g/mol. The van der Waals surface area contributed by atoms with Crippen molar-refractivity contribution in [3.05, 3.63) is 41.6 Å². The fourth-order valence-electron chi connectivity index (χ4n) is 2.20. The van der Waals surface area contributed by atoms with Gasteiger partial charge < -0.3 is 5.32 Å². The summed E-state index contributed by atoms with van der Waals surface area (Å²) in [5.74, 6) is 2.35. The third kappa shape index (κ3) is 3.56. The van der Waals surface area contributed by atoms with Crippen molar-refractivity contribution < 1.29 is 0 Å². The molecule has 20 heavy (non-hydrogen) atoms. The third-order valence-electron chi connectivity index (χ3n) is 3.25. The first-order valence-electron chi connectivity index (χ1n) is 7.27. The van der Waals surface area contributed by atoms with E-state index in [4.69, 9.17) is 0 Å². The average Bonchev–Trinajstić information content (AvgIpc) is 2.46.